The van der Waals surface area contributed by atoms with Crippen LogP contribution in [-0.4, -0.2) is 27.2 Å². The second-order valence-corrected chi connectivity index (χ2v) is 8.79. The van der Waals surface area contributed by atoms with E-state index in [1.165, 1.54) is 0 Å². The highest BCUT2D eigenvalue weighted by atomic mass is 35.5. The van der Waals surface area contributed by atoms with Gasteiger partial charge in [-0.2, -0.15) is 0 Å². The third-order valence-corrected chi connectivity index (χ3v) is 4.65. The van der Waals surface area contributed by atoms with Crippen LogP contribution in [0, 0.1) is 5.41 Å². The zero-order valence-corrected chi connectivity index (χ0v) is 17.9. The topological polar surface area (TPSA) is 59.8 Å². The molecule has 0 aliphatic heterocycles. The minimum absolute atomic E-state index is 0.0465. The zero-order valence-electron chi connectivity index (χ0n) is 15.6. The first-order chi connectivity index (χ1) is 13.1. The minimum atomic E-state index is -0.359. The van der Waals surface area contributed by atoms with Crippen molar-refractivity contribution in [2.45, 2.75) is 20.8 Å². The van der Waals surface area contributed by atoms with Gasteiger partial charge in [-0.15, -0.1) is 5.10 Å². The van der Waals surface area contributed by atoms with Crippen molar-refractivity contribution in [3.8, 4) is 17.1 Å². The molecule has 0 atom stereocenters. The first-order valence-corrected chi connectivity index (χ1v) is 9.74. The average molecular weight is 438 g/mol. The maximum atomic E-state index is 12.6. The molecular weight excluding hydrogens is 419 g/mol. The third kappa shape index (κ3) is 4.85. The molecule has 0 bridgehead atoms. The van der Waals surface area contributed by atoms with E-state index in [2.05, 4.69) is 15.4 Å². The molecule has 5 nitrogen and oxygen atoms in total. The summed E-state index contributed by atoms with van der Waals surface area (Å²) in [6, 6.07) is 12.1. The molecule has 0 radical (unpaired) electrons. The van der Waals surface area contributed by atoms with Crippen LogP contribution in [0.3, 0.4) is 0 Å². The number of benzene rings is 2. The fraction of sp³-hybridized carbons (Fsp3) is 0.250. The number of hydrogen-bond donors (Lipinski definition) is 1. The normalized spacial score (nSPS) is 11.5. The Morgan fingerprint density at radius 2 is 1.68 bits per heavy atom. The van der Waals surface area contributed by atoms with E-state index in [-0.39, 0.29) is 17.1 Å². The van der Waals surface area contributed by atoms with E-state index in [4.69, 9.17) is 34.8 Å². The molecule has 0 saturated heterocycles. The van der Waals surface area contributed by atoms with E-state index in [0.717, 1.165) is 0 Å². The molecule has 1 aromatic heterocycles. The number of aromatic nitrogens is 3. The molecule has 28 heavy (non-hydrogen) atoms. The summed E-state index contributed by atoms with van der Waals surface area (Å²) < 4.78 is 1.56. The van der Waals surface area contributed by atoms with E-state index in [1.807, 2.05) is 20.8 Å². The molecule has 2 aromatic carbocycles. The molecule has 0 spiro atoms. The quantitative estimate of drug-likeness (QED) is 0.572. The van der Waals surface area contributed by atoms with Crippen LogP contribution in [0.5, 0.6) is 0 Å². The lowest BCUT2D eigenvalue weighted by Crippen LogP contribution is -2.32. The molecule has 3 aromatic rings. The van der Waals surface area contributed by atoms with Gasteiger partial charge in [-0.25, -0.2) is 9.67 Å². The van der Waals surface area contributed by atoms with Crippen molar-refractivity contribution < 1.29 is 4.79 Å². The summed E-state index contributed by atoms with van der Waals surface area (Å²) in [5, 5.41) is 8.81. The van der Waals surface area contributed by atoms with Crippen LogP contribution in [0.2, 0.25) is 15.1 Å². The molecule has 1 amide bonds. The van der Waals surface area contributed by atoms with E-state index in [9.17, 15) is 4.79 Å². The van der Waals surface area contributed by atoms with Gasteiger partial charge in [0.1, 0.15) is 0 Å². The first-order valence-electron chi connectivity index (χ1n) is 8.61. The van der Waals surface area contributed by atoms with Crippen molar-refractivity contribution in [1.29, 1.82) is 0 Å². The number of hydrogen-bond acceptors (Lipinski definition) is 3. The Hall–Kier alpha value is -2.08. The SMILES string of the molecule is CC(C)(C)CNC(=O)c1nc(-c2cc(Cl)ccc2Cl)n(-c2ccc(Cl)cc2)n1. The Morgan fingerprint density at radius 3 is 2.32 bits per heavy atom. The number of amides is 1. The van der Waals surface area contributed by atoms with Gasteiger partial charge in [-0.05, 0) is 47.9 Å². The summed E-state index contributed by atoms with van der Waals surface area (Å²) in [5.74, 6) is 0.100. The number of nitrogens with one attached hydrogen (secondary N) is 1. The van der Waals surface area contributed by atoms with E-state index >= 15 is 0 Å². The number of nitrogens with zero attached hydrogens (tertiary/aromatic N) is 3. The largest absolute Gasteiger partial charge is 0.349 e. The predicted octanol–water partition coefficient (Wildman–Crippen LogP) is 5.67. The van der Waals surface area contributed by atoms with Crippen LogP contribution in [-0.2, 0) is 0 Å². The van der Waals surface area contributed by atoms with Crippen LogP contribution in [0.4, 0.5) is 0 Å². The summed E-state index contributed by atoms with van der Waals surface area (Å²) in [6.45, 7) is 6.59. The molecule has 1 heterocycles. The van der Waals surface area contributed by atoms with Crippen molar-refractivity contribution >= 4 is 40.7 Å². The summed E-state index contributed by atoms with van der Waals surface area (Å²) in [6.07, 6.45) is 0. The van der Waals surface area contributed by atoms with E-state index in [0.29, 0.717) is 38.7 Å². The summed E-state index contributed by atoms with van der Waals surface area (Å²) in [4.78, 5) is 17.0. The van der Waals surface area contributed by atoms with Gasteiger partial charge in [0.25, 0.3) is 5.91 Å². The lowest BCUT2D eigenvalue weighted by molar-refractivity contribution is 0.0929. The Bertz CT molecular complexity index is 1010. The predicted molar refractivity (Wildman–Crippen MR) is 114 cm³/mol. The summed E-state index contributed by atoms with van der Waals surface area (Å²) >= 11 is 18.5. The number of halogens is 3. The smallest absolute Gasteiger partial charge is 0.291 e. The minimum Gasteiger partial charge on any atom is -0.349 e. The fourth-order valence-corrected chi connectivity index (χ4v) is 2.94. The molecular formula is C20H19Cl3N4O. The summed E-state index contributed by atoms with van der Waals surface area (Å²) in [5.41, 5.74) is 1.21. The zero-order chi connectivity index (χ0) is 20.5. The van der Waals surface area contributed by atoms with Gasteiger partial charge in [0.05, 0.1) is 10.7 Å². The number of rotatable bonds is 4. The molecule has 1 N–H and O–H groups in total. The molecule has 146 valence electrons. The van der Waals surface area contributed by atoms with Crippen LogP contribution in [0.1, 0.15) is 31.4 Å². The van der Waals surface area contributed by atoms with Gasteiger partial charge in [0, 0.05) is 22.2 Å². The van der Waals surface area contributed by atoms with Gasteiger partial charge in [0.15, 0.2) is 5.82 Å². The maximum absolute atomic E-state index is 12.6. The molecule has 0 saturated carbocycles. The lowest BCUT2D eigenvalue weighted by Gasteiger charge is -2.17. The Morgan fingerprint density at radius 1 is 1.04 bits per heavy atom. The molecule has 0 aliphatic carbocycles. The Kier molecular flexibility index (Phi) is 5.98. The number of carbonyl (C=O) groups is 1. The van der Waals surface area contributed by atoms with Gasteiger partial charge in [-0.3, -0.25) is 4.79 Å². The second-order valence-electron chi connectivity index (χ2n) is 7.51. The first kappa shape index (κ1) is 20.6. The van der Waals surface area contributed by atoms with Crippen molar-refractivity contribution in [3.63, 3.8) is 0 Å². The molecule has 0 unspecified atom stereocenters. The van der Waals surface area contributed by atoms with Crippen LogP contribution < -0.4 is 5.32 Å². The highest BCUT2D eigenvalue weighted by Gasteiger charge is 2.22. The molecule has 3 rings (SSSR count). The Labute approximate surface area is 178 Å². The number of carbonyl (C=O) groups excluding carboxylic acids is 1. The molecule has 8 heteroatoms. The van der Waals surface area contributed by atoms with Crippen molar-refractivity contribution in [2.75, 3.05) is 6.54 Å². The maximum Gasteiger partial charge on any atom is 0.291 e. The summed E-state index contributed by atoms with van der Waals surface area (Å²) in [7, 11) is 0. The third-order valence-electron chi connectivity index (χ3n) is 3.83. The van der Waals surface area contributed by atoms with E-state index in [1.54, 1.807) is 47.1 Å². The average Bonchev–Trinajstić information content (AvgIpc) is 3.07. The highest BCUT2D eigenvalue weighted by Crippen LogP contribution is 2.31. The van der Waals surface area contributed by atoms with Crippen molar-refractivity contribution in [3.05, 3.63) is 63.4 Å². The van der Waals surface area contributed by atoms with Crippen LogP contribution in [0.25, 0.3) is 17.1 Å². The molecule has 0 aliphatic rings. The monoisotopic (exact) mass is 436 g/mol. The van der Waals surface area contributed by atoms with Gasteiger partial charge in [-0.1, -0.05) is 55.6 Å². The van der Waals surface area contributed by atoms with E-state index < -0.39 is 0 Å². The molecule has 0 fully saturated rings. The van der Waals surface area contributed by atoms with Crippen molar-refractivity contribution in [1.82, 2.24) is 20.1 Å². The highest BCUT2D eigenvalue weighted by molar-refractivity contribution is 6.35. The van der Waals surface area contributed by atoms with Crippen LogP contribution in [0.15, 0.2) is 42.5 Å². The van der Waals surface area contributed by atoms with Gasteiger partial charge in [0.2, 0.25) is 5.82 Å². The van der Waals surface area contributed by atoms with Crippen molar-refractivity contribution in [2.24, 2.45) is 5.41 Å². The fourth-order valence-electron chi connectivity index (χ4n) is 2.44. The van der Waals surface area contributed by atoms with Gasteiger partial charge < -0.3 is 5.32 Å². The lowest BCUT2D eigenvalue weighted by atomic mass is 9.97. The second kappa shape index (κ2) is 8.11. The standard InChI is InChI=1S/C20H19Cl3N4O/c1-20(2,3)11-24-19(28)17-25-18(15-10-13(22)6-9-16(15)23)27(26-17)14-7-4-12(21)5-8-14/h4-10H,11H2,1-3H3,(H,24,28). The Balaban J connectivity index is 2.08. The van der Waals surface area contributed by atoms with Gasteiger partial charge >= 0.3 is 0 Å². The van der Waals surface area contributed by atoms with Crippen LogP contribution >= 0.6 is 34.8 Å².